The SMILES string of the molecule is COc1ccc(NCCCC(=O)N/N=C/c2ccc(OC)c(OC)c2)cc1. The van der Waals surface area contributed by atoms with Crippen molar-refractivity contribution in [3.8, 4) is 17.2 Å². The normalized spacial score (nSPS) is 10.5. The average Bonchev–Trinajstić information content (AvgIpc) is 2.71. The van der Waals surface area contributed by atoms with Crippen molar-refractivity contribution in [2.24, 2.45) is 5.10 Å². The van der Waals surface area contributed by atoms with E-state index in [1.54, 1.807) is 39.7 Å². The molecule has 0 spiro atoms. The Hall–Kier alpha value is -3.22. The van der Waals surface area contributed by atoms with E-state index in [0.29, 0.717) is 30.9 Å². The molecule has 144 valence electrons. The summed E-state index contributed by atoms with van der Waals surface area (Å²) < 4.78 is 15.5. The minimum atomic E-state index is -0.136. The first-order valence-electron chi connectivity index (χ1n) is 8.58. The molecule has 7 heteroatoms. The number of carbonyl (C=O) groups excluding carboxylic acids is 1. The van der Waals surface area contributed by atoms with Crippen LogP contribution in [0.3, 0.4) is 0 Å². The maximum Gasteiger partial charge on any atom is 0.240 e. The molecule has 2 aromatic rings. The predicted octanol–water partition coefficient (Wildman–Crippen LogP) is 3.05. The molecule has 0 atom stereocenters. The molecule has 0 aliphatic carbocycles. The van der Waals surface area contributed by atoms with Crippen LogP contribution in [-0.2, 0) is 4.79 Å². The second kappa shape index (κ2) is 10.7. The number of hydrogen-bond acceptors (Lipinski definition) is 6. The molecule has 0 aliphatic heterocycles. The Balaban J connectivity index is 1.70. The van der Waals surface area contributed by atoms with Gasteiger partial charge in [0.05, 0.1) is 27.5 Å². The quantitative estimate of drug-likeness (QED) is 0.381. The Morgan fingerprint density at radius 3 is 2.41 bits per heavy atom. The van der Waals surface area contributed by atoms with Crippen LogP contribution < -0.4 is 25.0 Å². The lowest BCUT2D eigenvalue weighted by atomic mass is 10.2. The van der Waals surface area contributed by atoms with E-state index >= 15 is 0 Å². The lowest BCUT2D eigenvalue weighted by molar-refractivity contribution is -0.121. The van der Waals surface area contributed by atoms with Gasteiger partial charge in [0.1, 0.15) is 5.75 Å². The van der Waals surface area contributed by atoms with Crippen LogP contribution >= 0.6 is 0 Å². The molecule has 0 aliphatic rings. The van der Waals surface area contributed by atoms with Gasteiger partial charge in [-0.2, -0.15) is 5.10 Å². The average molecular weight is 371 g/mol. The van der Waals surface area contributed by atoms with Gasteiger partial charge in [-0.1, -0.05) is 0 Å². The summed E-state index contributed by atoms with van der Waals surface area (Å²) in [6, 6.07) is 13.0. The van der Waals surface area contributed by atoms with E-state index in [-0.39, 0.29) is 5.91 Å². The number of methoxy groups -OCH3 is 3. The standard InChI is InChI=1S/C20H25N3O4/c1-25-17-9-7-16(8-10-17)21-12-4-5-20(24)23-22-14-15-6-11-18(26-2)19(13-15)27-3/h6-11,13-14,21H,4-5,12H2,1-3H3,(H,23,24)/b22-14+. The van der Waals surface area contributed by atoms with Crippen molar-refractivity contribution < 1.29 is 19.0 Å². The van der Waals surface area contributed by atoms with Gasteiger partial charge in [-0.15, -0.1) is 0 Å². The van der Waals surface area contributed by atoms with Crippen LogP contribution in [0.15, 0.2) is 47.6 Å². The number of hydrogen-bond donors (Lipinski definition) is 2. The van der Waals surface area contributed by atoms with Gasteiger partial charge in [0.25, 0.3) is 0 Å². The number of ether oxygens (including phenoxy) is 3. The summed E-state index contributed by atoms with van der Waals surface area (Å²) in [5, 5.41) is 7.23. The molecule has 0 saturated heterocycles. The van der Waals surface area contributed by atoms with Crippen molar-refractivity contribution in [2.75, 3.05) is 33.2 Å². The van der Waals surface area contributed by atoms with Crippen LogP contribution in [0.2, 0.25) is 0 Å². The third kappa shape index (κ3) is 6.54. The lowest BCUT2D eigenvalue weighted by Crippen LogP contribution is -2.18. The number of hydrazone groups is 1. The summed E-state index contributed by atoms with van der Waals surface area (Å²) in [5.74, 6) is 1.93. The van der Waals surface area contributed by atoms with Gasteiger partial charge in [0, 0.05) is 18.7 Å². The molecule has 27 heavy (non-hydrogen) atoms. The van der Waals surface area contributed by atoms with Crippen molar-refractivity contribution in [1.82, 2.24) is 5.43 Å². The van der Waals surface area contributed by atoms with Gasteiger partial charge >= 0.3 is 0 Å². The van der Waals surface area contributed by atoms with Gasteiger partial charge in [-0.3, -0.25) is 4.79 Å². The Labute approximate surface area is 159 Å². The molecular weight excluding hydrogens is 346 g/mol. The molecule has 0 aromatic heterocycles. The molecule has 0 heterocycles. The fourth-order valence-corrected chi connectivity index (χ4v) is 2.36. The first kappa shape index (κ1) is 20.1. The van der Waals surface area contributed by atoms with Gasteiger partial charge in [-0.25, -0.2) is 5.43 Å². The summed E-state index contributed by atoms with van der Waals surface area (Å²) in [4.78, 5) is 11.8. The molecule has 0 unspecified atom stereocenters. The zero-order valence-corrected chi connectivity index (χ0v) is 15.8. The Bertz CT molecular complexity index is 760. The van der Waals surface area contributed by atoms with Gasteiger partial charge < -0.3 is 19.5 Å². The molecule has 2 rings (SSSR count). The fourth-order valence-electron chi connectivity index (χ4n) is 2.36. The minimum Gasteiger partial charge on any atom is -0.497 e. The number of anilines is 1. The maximum atomic E-state index is 11.8. The predicted molar refractivity (Wildman–Crippen MR) is 106 cm³/mol. The summed E-state index contributed by atoms with van der Waals surface area (Å²) >= 11 is 0. The van der Waals surface area contributed by atoms with E-state index in [2.05, 4.69) is 15.8 Å². The first-order valence-corrected chi connectivity index (χ1v) is 8.58. The highest BCUT2D eigenvalue weighted by Gasteiger charge is 2.03. The zero-order chi connectivity index (χ0) is 19.5. The van der Waals surface area contributed by atoms with Crippen molar-refractivity contribution in [2.45, 2.75) is 12.8 Å². The Kier molecular flexibility index (Phi) is 7.96. The highest BCUT2D eigenvalue weighted by molar-refractivity contribution is 5.83. The first-order chi connectivity index (χ1) is 13.2. The van der Waals surface area contributed by atoms with E-state index in [0.717, 1.165) is 17.0 Å². The second-order valence-electron chi connectivity index (χ2n) is 5.67. The molecule has 0 fully saturated rings. The van der Waals surface area contributed by atoms with Gasteiger partial charge in [0.2, 0.25) is 5.91 Å². The zero-order valence-electron chi connectivity index (χ0n) is 15.8. The summed E-state index contributed by atoms with van der Waals surface area (Å²) in [7, 11) is 4.78. The topological polar surface area (TPSA) is 81.2 Å². The highest BCUT2D eigenvalue weighted by Crippen LogP contribution is 2.26. The van der Waals surface area contributed by atoms with Crippen molar-refractivity contribution in [1.29, 1.82) is 0 Å². The molecule has 1 amide bonds. The van der Waals surface area contributed by atoms with Crippen LogP contribution in [0, 0.1) is 0 Å². The van der Waals surface area contributed by atoms with Gasteiger partial charge in [0.15, 0.2) is 11.5 Å². The van der Waals surface area contributed by atoms with Crippen LogP contribution in [0.5, 0.6) is 17.2 Å². The summed E-state index contributed by atoms with van der Waals surface area (Å²) in [5.41, 5.74) is 4.31. The number of amides is 1. The highest BCUT2D eigenvalue weighted by atomic mass is 16.5. The molecule has 2 N–H and O–H groups in total. The maximum absolute atomic E-state index is 11.8. The number of rotatable bonds is 10. The van der Waals surface area contributed by atoms with E-state index in [1.807, 2.05) is 30.3 Å². The van der Waals surface area contributed by atoms with E-state index < -0.39 is 0 Å². The van der Waals surface area contributed by atoms with Crippen molar-refractivity contribution in [3.63, 3.8) is 0 Å². The largest absolute Gasteiger partial charge is 0.497 e. The monoisotopic (exact) mass is 371 g/mol. The second-order valence-corrected chi connectivity index (χ2v) is 5.67. The summed E-state index contributed by atoms with van der Waals surface area (Å²) in [6.07, 6.45) is 2.64. The fraction of sp³-hybridized carbons (Fsp3) is 0.300. The van der Waals surface area contributed by atoms with E-state index in [4.69, 9.17) is 14.2 Å². The van der Waals surface area contributed by atoms with Crippen molar-refractivity contribution in [3.05, 3.63) is 48.0 Å². The molecular formula is C20H25N3O4. The van der Waals surface area contributed by atoms with Gasteiger partial charge in [-0.05, 0) is 54.4 Å². The number of nitrogens with one attached hydrogen (secondary N) is 2. The Morgan fingerprint density at radius 1 is 1.00 bits per heavy atom. The smallest absolute Gasteiger partial charge is 0.240 e. The van der Waals surface area contributed by atoms with Crippen LogP contribution in [0.4, 0.5) is 5.69 Å². The molecule has 7 nitrogen and oxygen atoms in total. The third-order valence-corrected chi connectivity index (χ3v) is 3.81. The summed E-state index contributed by atoms with van der Waals surface area (Å²) in [6.45, 7) is 0.694. The van der Waals surface area contributed by atoms with Crippen molar-refractivity contribution >= 4 is 17.8 Å². The van der Waals surface area contributed by atoms with E-state index in [1.165, 1.54) is 0 Å². The molecule has 2 aromatic carbocycles. The molecule has 0 radical (unpaired) electrons. The molecule has 0 saturated carbocycles. The van der Waals surface area contributed by atoms with Crippen LogP contribution in [0.25, 0.3) is 0 Å². The number of carbonyl (C=O) groups is 1. The molecule has 0 bridgehead atoms. The number of benzene rings is 2. The van der Waals surface area contributed by atoms with Crippen LogP contribution in [0.1, 0.15) is 18.4 Å². The number of nitrogens with zero attached hydrogens (tertiary/aromatic N) is 1. The van der Waals surface area contributed by atoms with E-state index in [9.17, 15) is 4.79 Å². The third-order valence-electron chi connectivity index (χ3n) is 3.81. The lowest BCUT2D eigenvalue weighted by Gasteiger charge is -2.07. The minimum absolute atomic E-state index is 0.136. The Morgan fingerprint density at radius 2 is 1.74 bits per heavy atom. The van der Waals surface area contributed by atoms with Crippen LogP contribution in [-0.4, -0.2) is 40.0 Å².